The Balaban J connectivity index is 1.88. The normalized spacial score (nSPS) is 16.9. The molecule has 1 fully saturated rings. The van der Waals surface area contributed by atoms with Crippen LogP contribution in [-0.2, 0) is 4.79 Å². The van der Waals surface area contributed by atoms with E-state index < -0.39 is 6.04 Å². The second kappa shape index (κ2) is 7.41. The first-order valence-corrected chi connectivity index (χ1v) is 7.67. The van der Waals surface area contributed by atoms with Gasteiger partial charge in [-0.2, -0.15) is 0 Å². The number of carbonyl (C=O) groups is 1. The second-order valence-electron chi connectivity index (χ2n) is 5.51. The van der Waals surface area contributed by atoms with Gasteiger partial charge in [0.1, 0.15) is 5.82 Å². The van der Waals surface area contributed by atoms with Crippen LogP contribution in [0.1, 0.15) is 26.2 Å². The van der Waals surface area contributed by atoms with Crippen molar-refractivity contribution in [2.45, 2.75) is 32.2 Å². The molecular weight excluding hydrogens is 269 g/mol. The number of hydrogen-bond acceptors (Lipinski definition) is 3. The van der Waals surface area contributed by atoms with Crippen molar-refractivity contribution in [3.05, 3.63) is 30.1 Å². The molecule has 0 aliphatic carbocycles. The number of halogens is 1. The summed E-state index contributed by atoms with van der Waals surface area (Å²) < 4.78 is 13.8. The molecule has 0 bridgehead atoms. The van der Waals surface area contributed by atoms with Gasteiger partial charge in [-0.3, -0.25) is 4.79 Å². The van der Waals surface area contributed by atoms with Gasteiger partial charge in [-0.05, 0) is 18.6 Å². The highest BCUT2D eigenvalue weighted by Crippen LogP contribution is 2.20. The Hall–Kier alpha value is -1.62. The fraction of sp³-hybridized carbons (Fsp3) is 0.562. The zero-order chi connectivity index (χ0) is 15.2. The molecule has 1 heterocycles. The molecule has 1 saturated heterocycles. The molecule has 4 nitrogen and oxygen atoms in total. The topological polar surface area (TPSA) is 49.6 Å². The number of unbranched alkanes of at least 4 members (excludes halogenated alkanes) is 1. The molecule has 21 heavy (non-hydrogen) atoms. The number of nitrogens with two attached hydrogens (primary N) is 1. The van der Waals surface area contributed by atoms with Crippen LogP contribution in [0.15, 0.2) is 24.3 Å². The first kappa shape index (κ1) is 15.8. The quantitative estimate of drug-likeness (QED) is 0.903. The molecule has 2 rings (SSSR count). The SMILES string of the molecule is CCCCC(N)C(=O)N1CCN(c2ccccc2F)CC1. The van der Waals surface area contributed by atoms with E-state index in [0.29, 0.717) is 31.9 Å². The third-order valence-electron chi connectivity index (χ3n) is 3.97. The predicted octanol–water partition coefficient (Wildman–Crippen LogP) is 1.99. The zero-order valence-electron chi connectivity index (χ0n) is 12.6. The fourth-order valence-corrected chi connectivity index (χ4v) is 2.66. The lowest BCUT2D eigenvalue weighted by atomic mass is 10.1. The van der Waals surface area contributed by atoms with Gasteiger partial charge in [0.25, 0.3) is 0 Å². The molecule has 0 spiro atoms. The number of rotatable bonds is 5. The number of anilines is 1. The lowest BCUT2D eigenvalue weighted by Crippen LogP contribution is -2.53. The van der Waals surface area contributed by atoms with E-state index in [1.54, 1.807) is 17.0 Å². The Morgan fingerprint density at radius 2 is 1.95 bits per heavy atom. The molecule has 1 aliphatic rings. The van der Waals surface area contributed by atoms with Crippen LogP contribution in [0.4, 0.5) is 10.1 Å². The van der Waals surface area contributed by atoms with Gasteiger partial charge in [-0.25, -0.2) is 4.39 Å². The maximum absolute atomic E-state index is 13.8. The highest BCUT2D eigenvalue weighted by molar-refractivity contribution is 5.81. The summed E-state index contributed by atoms with van der Waals surface area (Å²) in [7, 11) is 0. The molecule has 0 radical (unpaired) electrons. The first-order chi connectivity index (χ1) is 10.1. The van der Waals surface area contributed by atoms with Crippen LogP contribution in [0.5, 0.6) is 0 Å². The third-order valence-corrected chi connectivity index (χ3v) is 3.97. The number of para-hydroxylation sites is 1. The first-order valence-electron chi connectivity index (χ1n) is 7.67. The summed E-state index contributed by atoms with van der Waals surface area (Å²) in [4.78, 5) is 16.0. The highest BCUT2D eigenvalue weighted by atomic mass is 19.1. The monoisotopic (exact) mass is 293 g/mol. The Labute approximate surface area is 125 Å². The summed E-state index contributed by atoms with van der Waals surface area (Å²) in [5.41, 5.74) is 6.55. The van der Waals surface area contributed by atoms with Gasteiger partial charge in [-0.1, -0.05) is 31.9 Å². The van der Waals surface area contributed by atoms with Crippen LogP contribution >= 0.6 is 0 Å². The number of piperazine rings is 1. The van der Waals surface area contributed by atoms with Crippen molar-refractivity contribution < 1.29 is 9.18 Å². The van der Waals surface area contributed by atoms with Crippen LogP contribution in [0.3, 0.4) is 0 Å². The lowest BCUT2D eigenvalue weighted by molar-refractivity contribution is -0.133. The molecule has 2 N–H and O–H groups in total. The number of hydrogen-bond donors (Lipinski definition) is 1. The smallest absolute Gasteiger partial charge is 0.239 e. The third kappa shape index (κ3) is 3.94. The van der Waals surface area contributed by atoms with Crippen molar-refractivity contribution in [3.63, 3.8) is 0 Å². The molecule has 1 amide bonds. The summed E-state index contributed by atoms with van der Waals surface area (Å²) >= 11 is 0. The van der Waals surface area contributed by atoms with Crippen LogP contribution in [0.2, 0.25) is 0 Å². The summed E-state index contributed by atoms with van der Waals surface area (Å²) in [6, 6.07) is 6.36. The molecule has 1 unspecified atom stereocenters. The molecule has 0 aromatic heterocycles. The zero-order valence-corrected chi connectivity index (χ0v) is 12.6. The van der Waals surface area contributed by atoms with Crippen LogP contribution in [0, 0.1) is 5.82 Å². The van der Waals surface area contributed by atoms with Crippen molar-refractivity contribution in [1.82, 2.24) is 4.90 Å². The van der Waals surface area contributed by atoms with E-state index in [2.05, 4.69) is 6.92 Å². The average molecular weight is 293 g/mol. The van der Waals surface area contributed by atoms with E-state index in [9.17, 15) is 9.18 Å². The molecule has 1 aromatic carbocycles. The minimum atomic E-state index is -0.398. The molecule has 1 aromatic rings. The number of carbonyl (C=O) groups excluding carboxylic acids is 1. The molecule has 116 valence electrons. The van der Waals surface area contributed by atoms with Crippen LogP contribution < -0.4 is 10.6 Å². The molecule has 1 atom stereocenters. The maximum atomic E-state index is 13.8. The standard InChI is InChI=1S/C16H24FN3O/c1-2-3-7-14(18)16(21)20-11-9-19(10-12-20)15-8-5-4-6-13(15)17/h4-6,8,14H,2-3,7,9-12,18H2,1H3. The van der Waals surface area contributed by atoms with Crippen molar-refractivity contribution in [1.29, 1.82) is 0 Å². The summed E-state index contributed by atoms with van der Waals surface area (Å²) in [6.45, 7) is 4.59. The van der Waals surface area contributed by atoms with E-state index in [1.807, 2.05) is 11.0 Å². The maximum Gasteiger partial charge on any atom is 0.239 e. The number of nitrogens with zero attached hydrogens (tertiary/aromatic N) is 2. The van der Waals surface area contributed by atoms with Gasteiger partial charge in [0, 0.05) is 26.2 Å². The largest absolute Gasteiger partial charge is 0.366 e. The Morgan fingerprint density at radius 3 is 2.57 bits per heavy atom. The Bertz CT molecular complexity index is 472. The average Bonchev–Trinajstić information content (AvgIpc) is 2.52. The van der Waals surface area contributed by atoms with E-state index in [0.717, 1.165) is 19.3 Å². The summed E-state index contributed by atoms with van der Waals surface area (Å²) in [5, 5.41) is 0. The van der Waals surface area contributed by atoms with E-state index in [4.69, 9.17) is 5.73 Å². The van der Waals surface area contributed by atoms with Gasteiger partial charge in [0.05, 0.1) is 11.7 Å². The summed E-state index contributed by atoms with van der Waals surface area (Å²) in [6.07, 6.45) is 2.76. The van der Waals surface area contributed by atoms with Crippen LogP contribution in [-0.4, -0.2) is 43.0 Å². The van der Waals surface area contributed by atoms with E-state index >= 15 is 0 Å². The van der Waals surface area contributed by atoms with Crippen molar-refractivity contribution >= 4 is 11.6 Å². The van der Waals surface area contributed by atoms with Gasteiger partial charge in [0.15, 0.2) is 0 Å². The Kier molecular flexibility index (Phi) is 5.56. The predicted molar refractivity (Wildman–Crippen MR) is 82.7 cm³/mol. The highest BCUT2D eigenvalue weighted by Gasteiger charge is 2.25. The fourth-order valence-electron chi connectivity index (χ4n) is 2.66. The summed E-state index contributed by atoms with van der Waals surface area (Å²) in [5.74, 6) is -0.187. The molecule has 0 saturated carbocycles. The lowest BCUT2D eigenvalue weighted by Gasteiger charge is -2.37. The van der Waals surface area contributed by atoms with E-state index in [-0.39, 0.29) is 11.7 Å². The second-order valence-corrected chi connectivity index (χ2v) is 5.51. The van der Waals surface area contributed by atoms with Gasteiger partial charge in [-0.15, -0.1) is 0 Å². The van der Waals surface area contributed by atoms with Crippen LogP contribution in [0.25, 0.3) is 0 Å². The van der Waals surface area contributed by atoms with Gasteiger partial charge in [0.2, 0.25) is 5.91 Å². The molecular formula is C16H24FN3O. The number of amides is 1. The van der Waals surface area contributed by atoms with Gasteiger partial charge >= 0.3 is 0 Å². The van der Waals surface area contributed by atoms with Crippen molar-refractivity contribution in [2.75, 3.05) is 31.1 Å². The van der Waals surface area contributed by atoms with E-state index in [1.165, 1.54) is 6.07 Å². The molecule has 5 heteroatoms. The number of benzene rings is 1. The minimum Gasteiger partial charge on any atom is -0.366 e. The minimum absolute atomic E-state index is 0.0247. The van der Waals surface area contributed by atoms with Gasteiger partial charge < -0.3 is 15.5 Å². The Morgan fingerprint density at radius 1 is 1.29 bits per heavy atom. The molecule has 1 aliphatic heterocycles. The van der Waals surface area contributed by atoms with Crippen molar-refractivity contribution in [3.8, 4) is 0 Å². The van der Waals surface area contributed by atoms with Crippen molar-refractivity contribution in [2.24, 2.45) is 5.73 Å².